The highest BCUT2D eigenvalue weighted by Gasteiger charge is 2.12. The molecule has 0 fully saturated rings. The minimum absolute atomic E-state index is 0.681. The van der Waals surface area contributed by atoms with Gasteiger partial charge in [-0.3, -0.25) is 4.68 Å². The predicted octanol–water partition coefficient (Wildman–Crippen LogP) is 1.69. The van der Waals surface area contributed by atoms with Crippen LogP contribution in [0.4, 0.5) is 11.5 Å². The Labute approximate surface area is 125 Å². The van der Waals surface area contributed by atoms with Gasteiger partial charge < -0.3 is 5.32 Å². The Balaban J connectivity index is 1.80. The van der Waals surface area contributed by atoms with Crippen LogP contribution in [0.5, 0.6) is 0 Å². The average Bonchev–Trinajstić information content (AvgIpc) is 3.15. The Kier molecular flexibility index (Phi) is 2.78. The monoisotopic (exact) mass is 292 g/mol. The molecule has 0 bridgehead atoms. The molecule has 0 unspecified atom stereocenters. The third-order valence-electron chi connectivity index (χ3n) is 3.20. The Morgan fingerprint density at radius 2 is 2.00 bits per heavy atom. The highest BCUT2D eigenvalue weighted by Crippen LogP contribution is 2.23. The molecule has 108 valence electrons. The third kappa shape index (κ3) is 2.06. The van der Waals surface area contributed by atoms with Gasteiger partial charge in [-0.2, -0.15) is 14.9 Å². The van der Waals surface area contributed by atoms with E-state index in [1.165, 1.54) is 6.33 Å². The number of hydrogen-bond acceptors (Lipinski definition) is 6. The van der Waals surface area contributed by atoms with Crippen LogP contribution in [0.2, 0.25) is 0 Å². The van der Waals surface area contributed by atoms with Crippen LogP contribution < -0.4 is 5.32 Å². The third-order valence-corrected chi connectivity index (χ3v) is 3.20. The van der Waals surface area contributed by atoms with Crippen LogP contribution in [0.3, 0.4) is 0 Å². The van der Waals surface area contributed by atoms with Crippen LogP contribution in [-0.4, -0.2) is 34.5 Å². The first-order valence-corrected chi connectivity index (χ1v) is 6.67. The lowest BCUT2D eigenvalue weighted by Gasteiger charge is -2.04. The van der Waals surface area contributed by atoms with E-state index in [-0.39, 0.29) is 0 Å². The zero-order chi connectivity index (χ0) is 14.9. The second-order valence-corrected chi connectivity index (χ2v) is 4.73. The number of aryl methyl sites for hydroxylation is 1. The van der Waals surface area contributed by atoms with Crippen molar-refractivity contribution in [2.24, 2.45) is 7.05 Å². The second-order valence-electron chi connectivity index (χ2n) is 4.73. The second kappa shape index (κ2) is 4.92. The zero-order valence-corrected chi connectivity index (χ0v) is 11.7. The standard InChI is InChI=1S/C14H12N8/c1-21-8-10(6-18-21)20-13-11-7-19-22(14(11)17-9-16-13)12-4-2-3-5-15-12/h2-9H,1H3,(H,16,17,20). The van der Waals surface area contributed by atoms with E-state index in [0.717, 1.165) is 11.1 Å². The van der Waals surface area contributed by atoms with E-state index >= 15 is 0 Å². The summed E-state index contributed by atoms with van der Waals surface area (Å²) in [5.41, 5.74) is 1.55. The van der Waals surface area contributed by atoms with Gasteiger partial charge in [0.2, 0.25) is 0 Å². The molecule has 8 heteroatoms. The lowest BCUT2D eigenvalue weighted by atomic mass is 10.4. The number of fused-ring (bicyclic) bond motifs is 1. The SMILES string of the molecule is Cn1cc(Nc2ncnc3c2cnn3-c2ccccn2)cn1. The molecule has 4 aromatic rings. The number of nitrogens with zero attached hydrogens (tertiary/aromatic N) is 7. The first-order chi connectivity index (χ1) is 10.8. The van der Waals surface area contributed by atoms with Crippen molar-refractivity contribution in [2.45, 2.75) is 0 Å². The molecule has 0 saturated heterocycles. The largest absolute Gasteiger partial charge is 0.337 e. The van der Waals surface area contributed by atoms with Crippen LogP contribution in [0.1, 0.15) is 0 Å². The molecule has 0 aliphatic heterocycles. The molecule has 0 atom stereocenters. The van der Waals surface area contributed by atoms with Crippen LogP contribution in [-0.2, 0) is 7.05 Å². The van der Waals surface area contributed by atoms with Gasteiger partial charge in [-0.1, -0.05) is 6.07 Å². The molecule has 4 aromatic heterocycles. The van der Waals surface area contributed by atoms with Gasteiger partial charge in [-0.15, -0.1) is 0 Å². The maximum absolute atomic E-state index is 4.36. The molecule has 0 aromatic carbocycles. The van der Waals surface area contributed by atoms with E-state index in [2.05, 4.69) is 30.5 Å². The van der Waals surface area contributed by atoms with Crippen molar-refractivity contribution in [3.63, 3.8) is 0 Å². The van der Waals surface area contributed by atoms with Gasteiger partial charge in [-0.05, 0) is 12.1 Å². The summed E-state index contributed by atoms with van der Waals surface area (Å²) in [6, 6.07) is 5.65. The summed E-state index contributed by atoms with van der Waals surface area (Å²) in [6.45, 7) is 0. The maximum atomic E-state index is 4.36. The highest BCUT2D eigenvalue weighted by molar-refractivity contribution is 5.88. The molecular formula is C14H12N8. The number of hydrogen-bond donors (Lipinski definition) is 1. The van der Waals surface area contributed by atoms with Crippen molar-refractivity contribution in [3.8, 4) is 5.82 Å². The van der Waals surface area contributed by atoms with E-state index in [1.807, 2.05) is 31.4 Å². The Morgan fingerprint density at radius 1 is 1.05 bits per heavy atom. The van der Waals surface area contributed by atoms with E-state index in [9.17, 15) is 0 Å². The number of nitrogens with one attached hydrogen (secondary N) is 1. The smallest absolute Gasteiger partial charge is 0.170 e. The molecule has 4 heterocycles. The maximum Gasteiger partial charge on any atom is 0.170 e. The minimum atomic E-state index is 0.681. The Bertz CT molecular complexity index is 924. The molecule has 8 nitrogen and oxygen atoms in total. The molecule has 0 radical (unpaired) electrons. The Hall–Kier alpha value is -3.29. The predicted molar refractivity (Wildman–Crippen MR) is 80.9 cm³/mol. The average molecular weight is 292 g/mol. The topological polar surface area (TPSA) is 86.3 Å². The highest BCUT2D eigenvalue weighted by atomic mass is 15.3. The molecule has 0 aliphatic carbocycles. The van der Waals surface area contributed by atoms with E-state index in [4.69, 9.17) is 0 Å². The van der Waals surface area contributed by atoms with E-state index in [1.54, 1.807) is 28.0 Å². The van der Waals surface area contributed by atoms with Crippen molar-refractivity contribution in [3.05, 3.63) is 49.3 Å². The van der Waals surface area contributed by atoms with Crippen LogP contribution in [0, 0.1) is 0 Å². The molecule has 0 aliphatic rings. The molecular weight excluding hydrogens is 280 g/mol. The van der Waals surface area contributed by atoms with Crippen LogP contribution >= 0.6 is 0 Å². The van der Waals surface area contributed by atoms with Gasteiger partial charge in [-0.25, -0.2) is 15.0 Å². The lowest BCUT2D eigenvalue weighted by Crippen LogP contribution is -2.00. The van der Waals surface area contributed by atoms with Gasteiger partial charge in [0.25, 0.3) is 0 Å². The van der Waals surface area contributed by atoms with Gasteiger partial charge in [0.05, 0.1) is 23.5 Å². The summed E-state index contributed by atoms with van der Waals surface area (Å²) in [5, 5.41) is 12.5. The van der Waals surface area contributed by atoms with E-state index in [0.29, 0.717) is 17.3 Å². The van der Waals surface area contributed by atoms with Crippen molar-refractivity contribution in [1.29, 1.82) is 0 Å². The lowest BCUT2D eigenvalue weighted by molar-refractivity contribution is 0.768. The normalized spacial score (nSPS) is 11.0. The zero-order valence-electron chi connectivity index (χ0n) is 11.7. The molecule has 4 rings (SSSR count). The number of rotatable bonds is 3. The number of pyridine rings is 1. The summed E-state index contributed by atoms with van der Waals surface area (Å²) in [7, 11) is 1.86. The van der Waals surface area contributed by atoms with Crippen LogP contribution in [0.25, 0.3) is 16.9 Å². The quantitative estimate of drug-likeness (QED) is 0.618. The molecule has 0 spiro atoms. The summed E-state index contributed by atoms with van der Waals surface area (Å²) >= 11 is 0. The number of anilines is 2. The van der Waals surface area contributed by atoms with Gasteiger partial charge in [0.1, 0.15) is 12.1 Å². The Morgan fingerprint density at radius 3 is 2.77 bits per heavy atom. The number of aromatic nitrogens is 7. The molecule has 0 amide bonds. The van der Waals surface area contributed by atoms with Crippen molar-refractivity contribution < 1.29 is 0 Å². The fraction of sp³-hybridized carbons (Fsp3) is 0.0714. The van der Waals surface area contributed by atoms with Gasteiger partial charge in [0.15, 0.2) is 11.5 Å². The van der Waals surface area contributed by atoms with Gasteiger partial charge in [0, 0.05) is 19.4 Å². The van der Waals surface area contributed by atoms with Crippen molar-refractivity contribution in [1.82, 2.24) is 34.5 Å². The van der Waals surface area contributed by atoms with Crippen molar-refractivity contribution >= 4 is 22.5 Å². The molecule has 1 N–H and O–H groups in total. The minimum Gasteiger partial charge on any atom is -0.337 e. The van der Waals surface area contributed by atoms with E-state index < -0.39 is 0 Å². The summed E-state index contributed by atoms with van der Waals surface area (Å²) in [4.78, 5) is 12.9. The summed E-state index contributed by atoms with van der Waals surface area (Å²) < 4.78 is 3.41. The van der Waals surface area contributed by atoms with Crippen LogP contribution in [0.15, 0.2) is 49.3 Å². The molecule has 22 heavy (non-hydrogen) atoms. The molecule has 0 saturated carbocycles. The van der Waals surface area contributed by atoms with Gasteiger partial charge >= 0.3 is 0 Å². The first-order valence-electron chi connectivity index (χ1n) is 6.67. The fourth-order valence-electron chi connectivity index (χ4n) is 2.21. The van der Waals surface area contributed by atoms with Crippen molar-refractivity contribution in [2.75, 3.05) is 5.32 Å². The fourth-order valence-corrected chi connectivity index (χ4v) is 2.21. The first kappa shape index (κ1) is 12.5. The summed E-state index contributed by atoms with van der Waals surface area (Å²) in [5.74, 6) is 1.39. The summed E-state index contributed by atoms with van der Waals surface area (Å²) in [6.07, 6.45) is 8.55.